The minimum atomic E-state index is -4.86. The standard InChI is InChI=1S/C22H15F4N3O5/c23-14-3-1-13(2-4-14)21(31)27-15-5-10-19(18(11-15)22(24,25)26)28-20(30)12-34-17-8-6-16(7-9-17)29(32)33/h1-11H,12H2,(H,27,31)(H,28,30). The summed E-state index contributed by atoms with van der Waals surface area (Å²) in [6.45, 7) is -0.655. The Morgan fingerprint density at radius 3 is 2.18 bits per heavy atom. The molecule has 34 heavy (non-hydrogen) atoms. The topological polar surface area (TPSA) is 111 Å². The third kappa shape index (κ3) is 6.28. The molecule has 0 aromatic heterocycles. The van der Waals surface area contributed by atoms with Crippen molar-refractivity contribution in [2.75, 3.05) is 17.2 Å². The Labute approximate surface area is 189 Å². The van der Waals surface area contributed by atoms with Crippen molar-refractivity contribution in [1.82, 2.24) is 0 Å². The van der Waals surface area contributed by atoms with Gasteiger partial charge in [-0.25, -0.2) is 4.39 Å². The van der Waals surface area contributed by atoms with Crippen molar-refractivity contribution >= 4 is 28.9 Å². The molecule has 8 nitrogen and oxygen atoms in total. The van der Waals surface area contributed by atoms with Gasteiger partial charge in [-0.2, -0.15) is 13.2 Å². The molecular weight excluding hydrogens is 462 g/mol. The Kier molecular flexibility index (Phi) is 7.09. The second-order valence-corrected chi connectivity index (χ2v) is 6.81. The Balaban J connectivity index is 1.69. The summed E-state index contributed by atoms with van der Waals surface area (Å²) in [5.74, 6) is -2.13. The molecule has 0 saturated carbocycles. The van der Waals surface area contributed by atoms with Crippen LogP contribution in [0.25, 0.3) is 0 Å². The smallest absolute Gasteiger partial charge is 0.418 e. The van der Waals surface area contributed by atoms with E-state index in [0.29, 0.717) is 6.07 Å². The molecule has 0 fully saturated rings. The quantitative estimate of drug-likeness (QED) is 0.282. The first-order chi connectivity index (χ1) is 16.0. The number of non-ortho nitro benzene ring substituents is 1. The van der Waals surface area contributed by atoms with Crippen LogP contribution in [0.3, 0.4) is 0 Å². The molecule has 2 N–H and O–H groups in total. The summed E-state index contributed by atoms with van der Waals surface area (Å²) in [4.78, 5) is 34.3. The van der Waals surface area contributed by atoms with Gasteiger partial charge in [0.2, 0.25) is 0 Å². The van der Waals surface area contributed by atoms with E-state index in [4.69, 9.17) is 4.74 Å². The van der Waals surface area contributed by atoms with Crippen molar-refractivity contribution in [3.63, 3.8) is 0 Å². The van der Waals surface area contributed by atoms with E-state index in [1.807, 2.05) is 0 Å². The predicted octanol–water partition coefficient (Wildman–Crippen LogP) is 5.02. The first-order valence-electron chi connectivity index (χ1n) is 9.48. The lowest BCUT2D eigenvalue weighted by atomic mass is 10.1. The molecule has 0 heterocycles. The molecule has 176 valence electrons. The predicted molar refractivity (Wildman–Crippen MR) is 113 cm³/mol. The molecule has 0 saturated heterocycles. The van der Waals surface area contributed by atoms with Crippen LogP contribution >= 0.6 is 0 Å². The molecule has 0 aliphatic heterocycles. The summed E-state index contributed by atoms with van der Waals surface area (Å²) < 4.78 is 58.8. The van der Waals surface area contributed by atoms with Gasteiger partial charge < -0.3 is 15.4 Å². The number of ether oxygens (including phenoxy) is 1. The van der Waals surface area contributed by atoms with E-state index in [1.165, 1.54) is 24.3 Å². The highest BCUT2D eigenvalue weighted by atomic mass is 19.4. The van der Waals surface area contributed by atoms with Gasteiger partial charge in [0.25, 0.3) is 17.5 Å². The Hall–Kier alpha value is -4.48. The number of halogens is 4. The highest BCUT2D eigenvalue weighted by Gasteiger charge is 2.34. The number of nitrogens with zero attached hydrogens (tertiary/aromatic N) is 1. The normalized spacial score (nSPS) is 10.9. The molecule has 3 aromatic rings. The maximum Gasteiger partial charge on any atom is 0.418 e. The molecule has 2 amide bonds. The number of hydrogen-bond donors (Lipinski definition) is 2. The van der Waals surface area contributed by atoms with Crippen LogP contribution < -0.4 is 15.4 Å². The summed E-state index contributed by atoms with van der Waals surface area (Å²) in [7, 11) is 0. The zero-order chi connectivity index (χ0) is 24.9. The lowest BCUT2D eigenvalue weighted by molar-refractivity contribution is -0.384. The monoisotopic (exact) mass is 477 g/mol. The van der Waals surface area contributed by atoms with Gasteiger partial charge in [-0.3, -0.25) is 19.7 Å². The van der Waals surface area contributed by atoms with Gasteiger partial charge in [0.1, 0.15) is 11.6 Å². The van der Waals surface area contributed by atoms with Gasteiger partial charge in [0, 0.05) is 23.4 Å². The molecule has 0 radical (unpaired) electrons. The van der Waals surface area contributed by atoms with Crippen LogP contribution in [0, 0.1) is 15.9 Å². The van der Waals surface area contributed by atoms with Crippen LogP contribution in [0.5, 0.6) is 5.75 Å². The molecule has 0 atom stereocenters. The number of anilines is 2. The Morgan fingerprint density at radius 1 is 0.941 bits per heavy atom. The number of amides is 2. The third-order valence-electron chi connectivity index (χ3n) is 4.38. The minimum Gasteiger partial charge on any atom is -0.484 e. The summed E-state index contributed by atoms with van der Waals surface area (Å²) in [6, 6.07) is 12.0. The second-order valence-electron chi connectivity index (χ2n) is 6.81. The van der Waals surface area contributed by atoms with E-state index in [0.717, 1.165) is 36.4 Å². The summed E-state index contributed by atoms with van der Waals surface area (Å²) >= 11 is 0. The fourth-order valence-electron chi connectivity index (χ4n) is 2.77. The fraction of sp³-hybridized carbons (Fsp3) is 0.0909. The number of hydrogen-bond acceptors (Lipinski definition) is 5. The molecule has 0 aliphatic rings. The van der Waals surface area contributed by atoms with Gasteiger partial charge in [-0.15, -0.1) is 0 Å². The first kappa shape index (κ1) is 24.2. The maximum absolute atomic E-state index is 13.5. The number of nitrogens with one attached hydrogen (secondary N) is 2. The molecular formula is C22H15F4N3O5. The summed E-state index contributed by atoms with van der Waals surface area (Å²) in [5, 5.41) is 15.0. The van der Waals surface area contributed by atoms with Crippen molar-refractivity contribution < 1.29 is 36.8 Å². The molecule has 3 aromatic carbocycles. The number of rotatable bonds is 7. The van der Waals surface area contributed by atoms with E-state index in [9.17, 15) is 37.3 Å². The lowest BCUT2D eigenvalue weighted by Gasteiger charge is -2.16. The van der Waals surface area contributed by atoms with Crippen molar-refractivity contribution in [1.29, 1.82) is 0 Å². The van der Waals surface area contributed by atoms with E-state index in [-0.39, 0.29) is 22.7 Å². The van der Waals surface area contributed by atoms with Gasteiger partial charge in [-0.1, -0.05) is 0 Å². The van der Waals surface area contributed by atoms with Gasteiger partial charge in [0.15, 0.2) is 6.61 Å². The van der Waals surface area contributed by atoms with Crippen molar-refractivity contribution in [3.8, 4) is 5.75 Å². The van der Waals surface area contributed by atoms with Gasteiger partial charge in [-0.05, 0) is 54.6 Å². The fourth-order valence-corrected chi connectivity index (χ4v) is 2.77. The number of nitro groups is 1. The Morgan fingerprint density at radius 2 is 1.59 bits per heavy atom. The third-order valence-corrected chi connectivity index (χ3v) is 4.38. The average Bonchev–Trinajstić information content (AvgIpc) is 2.78. The zero-order valence-corrected chi connectivity index (χ0v) is 17.1. The molecule has 0 bridgehead atoms. The van der Waals surface area contributed by atoms with Crippen LogP contribution in [0.1, 0.15) is 15.9 Å². The molecule has 0 aliphatic carbocycles. The molecule has 0 spiro atoms. The van der Waals surface area contributed by atoms with Crippen LogP contribution in [0.4, 0.5) is 34.6 Å². The highest BCUT2D eigenvalue weighted by Crippen LogP contribution is 2.36. The number of alkyl halides is 3. The summed E-state index contributed by atoms with van der Waals surface area (Å²) in [6.07, 6.45) is -4.86. The molecule has 12 heteroatoms. The minimum absolute atomic E-state index is 0.0377. The van der Waals surface area contributed by atoms with Crippen molar-refractivity contribution in [3.05, 3.63) is 93.8 Å². The number of nitro benzene ring substituents is 1. The van der Waals surface area contributed by atoms with E-state index < -0.39 is 46.6 Å². The van der Waals surface area contributed by atoms with Crippen LogP contribution in [0.2, 0.25) is 0 Å². The molecule has 3 rings (SSSR count). The second kappa shape index (κ2) is 9.98. The van der Waals surface area contributed by atoms with Crippen molar-refractivity contribution in [2.45, 2.75) is 6.18 Å². The van der Waals surface area contributed by atoms with Crippen LogP contribution in [0.15, 0.2) is 66.7 Å². The van der Waals surface area contributed by atoms with Gasteiger partial charge in [0.05, 0.1) is 16.2 Å². The Bertz CT molecular complexity index is 1210. The maximum atomic E-state index is 13.5. The molecule has 0 unspecified atom stereocenters. The van der Waals surface area contributed by atoms with Gasteiger partial charge >= 0.3 is 6.18 Å². The van der Waals surface area contributed by atoms with E-state index in [2.05, 4.69) is 10.6 Å². The zero-order valence-electron chi connectivity index (χ0n) is 17.1. The van der Waals surface area contributed by atoms with Crippen LogP contribution in [-0.2, 0) is 11.0 Å². The van der Waals surface area contributed by atoms with Crippen molar-refractivity contribution in [2.24, 2.45) is 0 Å². The summed E-state index contributed by atoms with van der Waals surface area (Å²) in [5.41, 5.74) is -2.13. The first-order valence-corrected chi connectivity index (χ1v) is 9.48. The van der Waals surface area contributed by atoms with E-state index in [1.54, 1.807) is 0 Å². The van der Waals surface area contributed by atoms with Crippen LogP contribution in [-0.4, -0.2) is 23.3 Å². The number of carbonyl (C=O) groups excluding carboxylic acids is 2. The number of carbonyl (C=O) groups is 2. The SMILES string of the molecule is O=C(COc1ccc([N+](=O)[O-])cc1)Nc1ccc(NC(=O)c2ccc(F)cc2)cc1C(F)(F)F. The largest absolute Gasteiger partial charge is 0.484 e. The average molecular weight is 477 g/mol. The lowest BCUT2D eigenvalue weighted by Crippen LogP contribution is -2.22. The van der Waals surface area contributed by atoms with E-state index >= 15 is 0 Å². The number of benzene rings is 3. The highest BCUT2D eigenvalue weighted by molar-refractivity contribution is 6.04.